The van der Waals surface area contributed by atoms with Crippen molar-refractivity contribution in [2.24, 2.45) is 5.92 Å². The first-order valence-electron chi connectivity index (χ1n) is 6.50. The van der Waals surface area contributed by atoms with Gasteiger partial charge in [0.05, 0.1) is 5.92 Å². The molecule has 0 aromatic rings. The van der Waals surface area contributed by atoms with Crippen molar-refractivity contribution in [2.75, 3.05) is 0 Å². The van der Waals surface area contributed by atoms with Gasteiger partial charge in [-0.2, -0.15) is 0 Å². The van der Waals surface area contributed by atoms with Crippen LogP contribution in [0.3, 0.4) is 0 Å². The Morgan fingerprint density at radius 3 is 2.00 bits per heavy atom. The van der Waals surface area contributed by atoms with Crippen LogP contribution in [0.2, 0.25) is 0 Å². The quantitative estimate of drug-likeness (QED) is 0.511. The molecule has 0 aliphatic heterocycles. The van der Waals surface area contributed by atoms with Gasteiger partial charge < -0.3 is 15.5 Å². The van der Waals surface area contributed by atoms with Gasteiger partial charge in [0.15, 0.2) is 0 Å². The number of carbonyl (C=O) groups is 4. The first kappa shape index (κ1) is 18.1. The minimum atomic E-state index is -1.10. The number of carbonyl (C=O) groups excluding carboxylic acids is 2. The van der Waals surface area contributed by atoms with Crippen molar-refractivity contribution in [3.05, 3.63) is 0 Å². The van der Waals surface area contributed by atoms with Gasteiger partial charge in [-0.1, -0.05) is 6.92 Å². The normalized spacial score (nSPS) is 13.3. The molecule has 0 rings (SSSR count). The molecular formula is C13H21NO6. The van der Waals surface area contributed by atoms with Crippen LogP contribution in [0.1, 0.15) is 46.0 Å². The molecule has 20 heavy (non-hydrogen) atoms. The average Bonchev–Trinajstić information content (AvgIpc) is 2.34. The van der Waals surface area contributed by atoms with Crippen LogP contribution in [0.15, 0.2) is 0 Å². The summed E-state index contributed by atoms with van der Waals surface area (Å²) >= 11 is 0. The Morgan fingerprint density at radius 2 is 1.50 bits per heavy atom. The van der Waals surface area contributed by atoms with Crippen LogP contribution < -0.4 is 5.32 Å². The summed E-state index contributed by atoms with van der Waals surface area (Å²) in [5.74, 6) is -3.30. The van der Waals surface area contributed by atoms with Crippen molar-refractivity contribution >= 4 is 23.6 Å². The second-order valence-electron chi connectivity index (χ2n) is 4.82. The summed E-state index contributed by atoms with van der Waals surface area (Å²) in [4.78, 5) is 43.8. The maximum Gasteiger partial charge on any atom is 0.325 e. The van der Waals surface area contributed by atoms with E-state index in [0.717, 1.165) is 0 Å². The predicted molar refractivity (Wildman–Crippen MR) is 70.1 cm³/mol. The smallest absolute Gasteiger partial charge is 0.325 e. The van der Waals surface area contributed by atoms with E-state index in [-0.39, 0.29) is 31.0 Å². The molecule has 0 heterocycles. The van der Waals surface area contributed by atoms with Gasteiger partial charge in [0.2, 0.25) is 5.91 Å². The molecule has 3 N–H and O–H groups in total. The molecule has 0 aromatic heterocycles. The lowest BCUT2D eigenvalue weighted by Gasteiger charge is -2.09. The highest BCUT2D eigenvalue weighted by Gasteiger charge is 2.16. The first-order valence-corrected chi connectivity index (χ1v) is 6.50. The van der Waals surface area contributed by atoms with E-state index in [1.165, 1.54) is 13.8 Å². The second kappa shape index (κ2) is 9.06. The standard InChI is InChI=1S/C13H21NO6/c1-8(12(17)18)7-10(15)5-3-4-6-11(16)14-9(2)13(19)20/h8-9H,3-7H2,1-2H3,(H,14,16)(H,17,18)(H,19,20). The van der Waals surface area contributed by atoms with Gasteiger partial charge in [-0.25, -0.2) is 0 Å². The van der Waals surface area contributed by atoms with Crippen molar-refractivity contribution in [3.8, 4) is 0 Å². The number of hydrogen-bond donors (Lipinski definition) is 3. The number of ketones is 1. The molecule has 0 radical (unpaired) electrons. The number of unbranched alkanes of at least 4 members (excludes halogenated alkanes) is 1. The minimum absolute atomic E-state index is 0.00240. The van der Waals surface area contributed by atoms with Crippen LogP contribution in [0.4, 0.5) is 0 Å². The van der Waals surface area contributed by atoms with Crippen LogP contribution >= 0.6 is 0 Å². The van der Waals surface area contributed by atoms with Gasteiger partial charge in [-0.15, -0.1) is 0 Å². The highest BCUT2D eigenvalue weighted by molar-refractivity contribution is 5.84. The molecular weight excluding hydrogens is 266 g/mol. The van der Waals surface area contributed by atoms with Crippen molar-refractivity contribution < 1.29 is 29.4 Å². The number of carboxylic acid groups (broad SMARTS) is 2. The monoisotopic (exact) mass is 287 g/mol. The SMILES string of the molecule is CC(CC(=O)CCCCC(=O)NC(C)C(=O)O)C(=O)O. The number of nitrogens with one attached hydrogen (secondary N) is 1. The topological polar surface area (TPSA) is 121 Å². The molecule has 7 heteroatoms. The molecule has 0 aromatic carbocycles. The van der Waals surface area contributed by atoms with E-state index < -0.39 is 23.9 Å². The summed E-state index contributed by atoms with van der Waals surface area (Å²) in [6, 6.07) is -0.930. The first-order chi connectivity index (χ1) is 9.23. The number of amides is 1. The van der Waals surface area contributed by atoms with Gasteiger partial charge in [0.1, 0.15) is 11.8 Å². The minimum Gasteiger partial charge on any atom is -0.481 e. The zero-order chi connectivity index (χ0) is 15.7. The van der Waals surface area contributed by atoms with Crippen LogP contribution in [0.5, 0.6) is 0 Å². The van der Waals surface area contributed by atoms with E-state index in [2.05, 4.69) is 5.32 Å². The maximum atomic E-state index is 11.4. The van der Waals surface area contributed by atoms with Crippen molar-refractivity contribution in [1.82, 2.24) is 5.32 Å². The molecule has 114 valence electrons. The van der Waals surface area contributed by atoms with Crippen LogP contribution in [0.25, 0.3) is 0 Å². The molecule has 2 unspecified atom stereocenters. The number of hydrogen-bond acceptors (Lipinski definition) is 4. The Kier molecular flexibility index (Phi) is 8.19. The number of rotatable bonds is 10. The van der Waals surface area contributed by atoms with Gasteiger partial charge in [0, 0.05) is 19.3 Å². The van der Waals surface area contributed by atoms with Gasteiger partial charge in [0.25, 0.3) is 0 Å². The highest BCUT2D eigenvalue weighted by Crippen LogP contribution is 2.08. The van der Waals surface area contributed by atoms with Gasteiger partial charge >= 0.3 is 11.9 Å². The maximum absolute atomic E-state index is 11.4. The fourth-order valence-corrected chi connectivity index (χ4v) is 1.51. The van der Waals surface area contributed by atoms with Crippen molar-refractivity contribution in [3.63, 3.8) is 0 Å². The van der Waals surface area contributed by atoms with Crippen LogP contribution in [-0.4, -0.2) is 39.9 Å². The third-order valence-corrected chi connectivity index (χ3v) is 2.81. The van der Waals surface area contributed by atoms with E-state index in [0.29, 0.717) is 12.8 Å². The molecule has 0 spiro atoms. The second-order valence-corrected chi connectivity index (χ2v) is 4.82. The van der Waals surface area contributed by atoms with E-state index in [1.54, 1.807) is 0 Å². The summed E-state index contributed by atoms with van der Waals surface area (Å²) in [6.45, 7) is 2.85. The molecule has 0 aliphatic carbocycles. The van der Waals surface area contributed by atoms with Crippen molar-refractivity contribution in [2.45, 2.75) is 52.0 Å². The summed E-state index contributed by atoms with van der Waals surface area (Å²) < 4.78 is 0. The number of aliphatic carboxylic acids is 2. The Morgan fingerprint density at radius 1 is 0.950 bits per heavy atom. The molecule has 1 amide bonds. The molecule has 0 aliphatic rings. The van der Waals surface area contributed by atoms with Crippen LogP contribution in [-0.2, 0) is 19.2 Å². The molecule has 7 nitrogen and oxygen atoms in total. The molecule has 0 saturated heterocycles. The zero-order valence-corrected chi connectivity index (χ0v) is 11.7. The molecule has 2 atom stereocenters. The fourth-order valence-electron chi connectivity index (χ4n) is 1.51. The summed E-state index contributed by atoms with van der Waals surface area (Å²) in [5.41, 5.74) is 0. The Bertz CT molecular complexity index is 343. The summed E-state index contributed by atoms with van der Waals surface area (Å²) in [6.07, 6.45) is 1.34. The van der Waals surface area contributed by atoms with E-state index in [1.807, 2.05) is 0 Å². The summed E-state index contributed by atoms with van der Waals surface area (Å²) in [5, 5.41) is 19.6. The predicted octanol–water partition coefficient (Wildman–Crippen LogP) is 0.816. The van der Waals surface area contributed by atoms with Crippen LogP contribution in [0, 0.1) is 5.92 Å². The van der Waals surface area contributed by atoms with Gasteiger partial charge in [-0.05, 0) is 19.8 Å². The third kappa shape index (κ3) is 8.23. The molecule has 0 fully saturated rings. The Balaban J connectivity index is 3.76. The van der Waals surface area contributed by atoms with Crippen molar-refractivity contribution in [1.29, 1.82) is 0 Å². The highest BCUT2D eigenvalue weighted by atomic mass is 16.4. The lowest BCUT2D eigenvalue weighted by atomic mass is 10.0. The number of carboxylic acids is 2. The van der Waals surface area contributed by atoms with Gasteiger partial charge in [-0.3, -0.25) is 19.2 Å². The fraction of sp³-hybridized carbons (Fsp3) is 0.692. The molecule has 0 saturated carbocycles. The Labute approximate surface area is 117 Å². The largest absolute Gasteiger partial charge is 0.481 e. The van der Waals surface area contributed by atoms with E-state index in [4.69, 9.17) is 10.2 Å². The lowest BCUT2D eigenvalue weighted by Crippen LogP contribution is -2.38. The summed E-state index contributed by atoms with van der Waals surface area (Å²) in [7, 11) is 0. The van der Waals surface area contributed by atoms with E-state index >= 15 is 0 Å². The average molecular weight is 287 g/mol. The lowest BCUT2D eigenvalue weighted by molar-refractivity contribution is -0.143. The Hall–Kier alpha value is -1.92. The van der Waals surface area contributed by atoms with E-state index in [9.17, 15) is 19.2 Å². The third-order valence-electron chi connectivity index (χ3n) is 2.81. The number of Topliss-reactive ketones (excluding diaryl/α,β-unsaturated/α-hetero) is 1. The zero-order valence-electron chi connectivity index (χ0n) is 11.7. The molecule has 0 bridgehead atoms.